The maximum atomic E-state index is 10.7. The van der Waals surface area contributed by atoms with E-state index in [2.05, 4.69) is 5.32 Å². The molecule has 2 aliphatic rings. The number of carboxylic acids is 1. The van der Waals surface area contributed by atoms with E-state index in [0.29, 0.717) is 13.0 Å². The minimum atomic E-state index is -0.685. The fourth-order valence-electron chi connectivity index (χ4n) is 2.05. The van der Waals surface area contributed by atoms with Crippen LogP contribution < -0.4 is 5.32 Å². The molecule has 4 heteroatoms. The Morgan fingerprint density at radius 2 is 2.33 bits per heavy atom. The Hall–Kier alpha value is -0.610. The summed E-state index contributed by atoms with van der Waals surface area (Å²) in [4.78, 5) is 10.7. The summed E-state index contributed by atoms with van der Waals surface area (Å²) in [5.74, 6) is -0.889. The highest BCUT2D eigenvalue weighted by Crippen LogP contribution is 2.29. The molecule has 1 saturated heterocycles. The largest absolute Gasteiger partial charge is 0.481 e. The van der Waals surface area contributed by atoms with Crippen LogP contribution in [0.5, 0.6) is 0 Å². The molecule has 0 spiro atoms. The van der Waals surface area contributed by atoms with E-state index in [9.17, 15) is 4.79 Å². The van der Waals surface area contributed by atoms with Crippen LogP contribution in [0.1, 0.15) is 12.8 Å². The SMILES string of the molecule is O=C(O)C1CC2NCCOC2C1. The molecule has 68 valence electrons. The highest BCUT2D eigenvalue weighted by molar-refractivity contribution is 5.70. The van der Waals surface area contributed by atoms with Crippen LogP contribution in [0.3, 0.4) is 0 Å². The smallest absolute Gasteiger partial charge is 0.306 e. The van der Waals surface area contributed by atoms with Gasteiger partial charge in [-0.1, -0.05) is 0 Å². The fourth-order valence-corrected chi connectivity index (χ4v) is 2.05. The van der Waals surface area contributed by atoms with Crippen molar-refractivity contribution in [2.24, 2.45) is 5.92 Å². The van der Waals surface area contributed by atoms with Gasteiger partial charge in [-0.25, -0.2) is 0 Å². The molecule has 3 unspecified atom stereocenters. The molecule has 3 atom stereocenters. The van der Waals surface area contributed by atoms with Gasteiger partial charge in [0.2, 0.25) is 0 Å². The van der Waals surface area contributed by atoms with Gasteiger partial charge >= 0.3 is 5.97 Å². The number of carboxylic acid groups (broad SMARTS) is 1. The molecule has 0 aromatic rings. The van der Waals surface area contributed by atoms with Crippen LogP contribution in [0.4, 0.5) is 0 Å². The number of carbonyl (C=O) groups is 1. The lowest BCUT2D eigenvalue weighted by Crippen LogP contribution is -2.44. The maximum absolute atomic E-state index is 10.7. The summed E-state index contributed by atoms with van der Waals surface area (Å²) in [6, 6.07) is 0.278. The monoisotopic (exact) mass is 171 g/mol. The number of rotatable bonds is 1. The predicted molar refractivity (Wildman–Crippen MR) is 41.9 cm³/mol. The number of morpholine rings is 1. The lowest BCUT2D eigenvalue weighted by Gasteiger charge is -2.26. The van der Waals surface area contributed by atoms with E-state index in [0.717, 1.165) is 13.0 Å². The summed E-state index contributed by atoms with van der Waals surface area (Å²) in [5.41, 5.74) is 0. The van der Waals surface area contributed by atoms with Crippen molar-refractivity contribution in [3.63, 3.8) is 0 Å². The summed E-state index contributed by atoms with van der Waals surface area (Å²) in [6.45, 7) is 1.57. The Kier molecular flexibility index (Phi) is 2.02. The maximum Gasteiger partial charge on any atom is 0.306 e. The van der Waals surface area contributed by atoms with Gasteiger partial charge in [-0.15, -0.1) is 0 Å². The zero-order chi connectivity index (χ0) is 8.55. The third-order valence-electron chi connectivity index (χ3n) is 2.69. The topological polar surface area (TPSA) is 58.6 Å². The molecule has 1 aliphatic carbocycles. The number of ether oxygens (including phenoxy) is 1. The lowest BCUT2D eigenvalue weighted by atomic mass is 10.1. The molecule has 0 bridgehead atoms. The summed E-state index contributed by atoms with van der Waals surface area (Å²) in [7, 11) is 0. The van der Waals surface area contributed by atoms with E-state index < -0.39 is 5.97 Å². The minimum Gasteiger partial charge on any atom is -0.481 e. The minimum absolute atomic E-state index is 0.139. The van der Waals surface area contributed by atoms with Gasteiger partial charge in [-0.2, -0.15) is 0 Å². The zero-order valence-electron chi connectivity index (χ0n) is 6.82. The Bertz CT molecular complexity index is 181. The van der Waals surface area contributed by atoms with Crippen molar-refractivity contribution in [3.05, 3.63) is 0 Å². The second-order valence-corrected chi connectivity index (χ2v) is 3.48. The molecule has 12 heavy (non-hydrogen) atoms. The van der Waals surface area contributed by atoms with E-state index in [4.69, 9.17) is 9.84 Å². The average Bonchev–Trinajstić information content (AvgIpc) is 2.46. The van der Waals surface area contributed by atoms with Crippen molar-refractivity contribution >= 4 is 5.97 Å². The van der Waals surface area contributed by atoms with Crippen molar-refractivity contribution in [1.29, 1.82) is 0 Å². The van der Waals surface area contributed by atoms with E-state index in [1.54, 1.807) is 0 Å². The predicted octanol–water partition coefficient (Wildman–Crippen LogP) is -0.162. The third kappa shape index (κ3) is 1.32. The van der Waals surface area contributed by atoms with Crippen LogP contribution in [0, 0.1) is 5.92 Å². The first-order valence-corrected chi connectivity index (χ1v) is 4.35. The highest BCUT2D eigenvalue weighted by atomic mass is 16.5. The number of aliphatic carboxylic acids is 1. The Labute approximate surface area is 70.9 Å². The molecule has 1 saturated carbocycles. The second kappa shape index (κ2) is 3.03. The Morgan fingerprint density at radius 1 is 1.50 bits per heavy atom. The summed E-state index contributed by atoms with van der Waals surface area (Å²) in [6.07, 6.45) is 1.53. The van der Waals surface area contributed by atoms with Crippen molar-refractivity contribution in [2.75, 3.05) is 13.2 Å². The normalized spacial score (nSPS) is 40.8. The molecule has 2 N–H and O–H groups in total. The quantitative estimate of drug-likeness (QED) is 0.575. The van der Waals surface area contributed by atoms with Crippen molar-refractivity contribution < 1.29 is 14.6 Å². The Morgan fingerprint density at radius 3 is 3.00 bits per heavy atom. The molecular formula is C8H13NO3. The first-order chi connectivity index (χ1) is 5.77. The van der Waals surface area contributed by atoms with E-state index in [1.807, 2.05) is 0 Å². The van der Waals surface area contributed by atoms with Gasteiger partial charge in [-0.3, -0.25) is 4.79 Å². The average molecular weight is 171 g/mol. The molecule has 4 nitrogen and oxygen atoms in total. The van der Waals surface area contributed by atoms with Crippen molar-refractivity contribution in [2.45, 2.75) is 25.0 Å². The highest BCUT2D eigenvalue weighted by Gasteiger charge is 2.39. The molecule has 1 aliphatic heterocycles. The van der Waals surface area contributed by atoms with Gasteiger partial charge in [0.05, 0.1) is 18.6 Å². The Balaban J connectivity index is 1.98. The van der Waals surface area contributed by atoms with E-state index in [-0.39, 0.29) is 18.1 Å². The summed E-state index contributed by atoms with van der Waals surface area (Å²) >= 11 is 0. The molecule has 2 fully saturated rings. The standard InChI is InChI=1S/C8H13NO3/c10-8(11)5-3-6-7(4-5)12-2-1-9-6/h5-7,9H,1-4H2,(H,10,11). The van der Waals surface area contributed by atoms with Crippen LogP contribution in [-0.2, 0) is 9.53 Å². The molecule has 0 radical (unpaired) electrons. The number of fused-ring (bicyclic) bond motifs is 1. The molecule has 0 amide bonds. The van der Waals surface area contributed by atoms with Crippen LogP contribution in [0.15, 0.2) is 0 Å². The lowest BCUT2D eigenvalue weighted by molar-refractivity contribution is -0.141. The van der Waals surface area contributed by atoms with E-state index in [1.165, 1.54) is 0 Å². The summed E-state index contributed by atoms with van der Waals surface area (Å²) in [5, 5.41) is 12.1. The number of hydrogen-bond donors (Lipinski definition) is 2. The van der Waals surface area contributed by atoms with Crippen LogP contribution >= 0.6 is 0 Å². The van der Waals surface area contributed by atoms with Gasteiger partial charge in [0.1, 0.15) is 0 Å². The van der Waals surface area contributed by atoms with Crippen molar-refractivity contribution in [3.8, 4) is 0 Å². The van der Waals surface area contributed by atoms with Crippen molar-refractivity contribution in [1.82, 2.24) is 5.32 Å². The van der Waals surface area contributed by atoms with E-state index >= 15 is 0 Å². The molecular weight excluding hydrogens is 158 g/mol. The number of nitrogens with one attached hydrogen (secondary N) is 1. The first-order valence-electron chi connectivity index (χ1n) is 4.35. The van der Waals surface area contributed by atoms with Gasteiger partial charge < -0.3 is 15.2 Å². The van der Waals surface area contributed by atoms with Gasteiger partial charge in [0.15, 0.2) is 0 Å². The molecule has 1 heterocycles. The number of hydrogen-bond acceptors (Lipinski definition) is 3. The first kappa shape index (κ1) is 8.01. The molecule has 2 rings (SSSR count). The molecule has 0 aromatic carbocycles. The molecule has 0 aromatic heterocycles. The summed E-state index contributed by atoms with van der Waals surface area (Å²) < 4.78 is 5.46. The van der Waals surface area contributed by atoms with Crippen LogP contribution in [-0.4, -0.2) is 36.4 Å². The zero-order valence-corrected chi connectivity index (χ0v) is 6.82. The van der Waals surface area contributed by atoms with Gasteiger partial charge in [0, 0.05) is 12.6 Å². The fraction of sp³-hybridized carbons (Fsp3) is 0.875. The second-order valence-electron chi connectivity index (χ2n) is 3.48. The van der Waals surface area contributed by atoms with Crippen LogP contribution in [0.2, 0.25) is 0 Å². The van der Waals surface area contributed by atoms with Gasteiger partial charge in [-0.05, 0) is 12.8 Å². The third-order valence-corrected chi connectivity index (χ3v) is 2.69. The van der Waals surface area contributed by atoms with Gasteiger partial charge in [0.25, 0.3) is 0 Å². The van der Waals surface area contributed by atoms with Crippen LogP contribution in [0.25, 0.3) is 0 Å².